The Kier molecular flexibility index (Phi) is 4.70. The highest BCUT2D eigenvalue weighted by molar-refractivity contribution is 6.09. The van der Waals surface area contributed by atoms with Crippen LogP contribution in [0.1, 0.15) is 48.0 Å². The third kappa shape index (κ3) is 3.27. The van der Waals surface area contributed by atoms with Gasteiger partial charge >= 0.3 is 0 Å². The van der Waals surface area contributed by atoms with Crippen LogP contribution in [-0.4, -0.2) is 22.8 Å². The number of anilines is 1. The normalized spacial score (nSPS) is 16.9. The standard InChI is InChI=1S/C25H26N2O2/c28-24(27-15-14-18-8-4-6-12-22(18)27)17-26-16-21(20-11-5-7-13-23(20)26)25(29)19-9-2-1-3-10-19/h4-8,11-13,16,19H,1-3,9-10,14-15,17H2. The average molecular weight is 386 g/mol. The molecule has 148 valence electrons. The minimum Gasteiger partial charge on any atom is -0.337 e. The fraction of sp³-hybridized carbons (Fsp3) is 0.360. The van der Waals surface area contributed by atoms with Crippen LogP contribution in [0.15, 0.2) is 54.7 Å². The van der Waals surface area contributed by atoms with Crippen molar-refractivity contribution in [3.63, 3.8) is 0 Å². The number of carbonyl (C=O) groups is 2. The number of hydrogen-bond acceptors (Lipinski definition) is 2. The van der Waals surface area contributed by atoms with Crippen molar-refractivity contribution in [1.29, 1.82) is 0 Å². The predicted molar refractivity (Wildman–Crippen MR) is 115 cm³/mol. The van der Waals surface area contributed by atoms with Crippen LogP contribution in [0.4, 0.5) is 5.69 Å². The minimum absolute atomic E-state index is 0.0763. The molecule has 0 spiro atoms. The van der Waals surface area contributed by atoms with Crippen LogP contribution in [0, 0.1) is 5.92 Å². The van der Waals surface area contributed by atoms with Gasteiger partial charge in [-0.2, -0.15) is 0 Å². The fourth-order valence-electron chi connectivity index (χ4n) is 4.99. The Hall–Kier alpha value is -2.88. The van der Waals surface area contributed by atoms with E-state index in [-0.39, 0.29) is 24.2 Å². The zero-order valence-corrected chi connectivity index (χ0v) is 16.6. The highest BCUT2D eigenvalue weighted by Crippen LogP contribution is 2.32. The molecule has 4 heteroatoms. The Labute approximate surface area is 171 Å². The van der Waals surface area contributed by atoms with E-state index in [4.69, 9.17) is 0 Å². The summed E-state index contributed by atoms with van der Waals surface area (Å²) in [5.74, 6) is 0.454. The van der Waals surface area contributed by atoms with Crippen molar-refractivity contribution in [2.45, 2.75) is 45.1 Å². The smallest absolute Gasteiger partial charge is 0.246 e. The zero-order valence-electron chi connectivity index (χ0n) is 16.6. The van der Waals surface area contributed by atoms with Crippen LogP contribution in [-0.2, 0) is 17.8 Å². The number of rotatable bonds is 4. The van der Waals surface area contributed by atoms with E-state index in [9.17, 15) is 9.59 Å². The topological polar surface area (TPSA) is 42.3 Å². The molecule has 5 rings (SSSR count). The molecule has 0 unspecified atom stereocenters. The van der Waals surface area contributed by atoms with Gasteiger partial charge in [0.15, 0.2) is 5.78 Å². The number of fused-ring (bicyclic) bond motifs is 2. The van der Waals surface area contributed by atoms with Crippen LogP contribution in [0.25, 0.3) is 10.9 Å². The van der Waals surface area contributed by atoms with Crippen molar-refractivity contribution in [1.82, 2.24) is 4.57 Å². The summed E-state index contributed by atoms with van der Waals surface area (Å²) in [7, 11) is 0. The first-order valence-corrected chi connectivity index (χ1v) is 10.7. The number of hydrogen-bond donors (Lipinski definition) is 0. The molecule has 29 heavy (non-hydrogen) atoms. The molecule has 1 fully saturated rings. The number of Topliss-reactive ketones (excluding diaryl/α,β-unsaturated/α-hetero) is 1. The van der Waals surface area contributed by atoms with Gasteiger partial charge in [0.2, 0.25) is 5.91 Å². The Morgan fingerprint density at radius 1 is 0.931 bits per heavy atom. The zero-order chi connectivity index (χ0) is 19.8. The van der Waals surface area contributed by atoms with Gasteiger partial charge in [-0.1, -0.05) is 55.7 Å². The van der Waals surface area contributed by atoms with Gasteiger partial charge in [-0.3, -0.25) is 9.59 Å². The van der Waals surface area contributed by atoms with Crippen LogP contribution in [0.5, 0.6) is 0 Å². The quantitative estimate of drug-likeness (QED) is 0.593. The van der Waals surface area contributed by atoms with E-state index < -0.39 is 0 Å². The Bertz CT molecular complexity index is 1080. The summed E-state index contributed by atoms with van der Waals surface area (Å²) in [5, 5.41) is 0.970. The lowest BCUT2D eigenvalue weighted by Crippen LogP contribution is -2.32. The fourth-order valence-corrected chi connectivity index (χ4v) is 4.99. The molecule has 0 bridgehead atoms. The molecule has 1 aliphatic carbocycles. The Morgan fingerprint density at radius 2 is 1.69 bits per heavy atom. The summed E-state index contributed by atoms with van der Waals surface area (Å²) in [6.07, 6.45) is 8.31. The number of carbonyl (C=O) groups excluding carboxylic acids is 2. The number of ketones is 1. The highest BCUT2D eigenvalue weighted by Gasteiger charge is 2.27. The Morgan fingerprint density at radius 3 is 2.55 bits per heavy atom. The van der Waals surface area contributed by atoms with Crippen molar-refractivity contribution in [2.24, 2.45) is 5.92 Å². The lowest BCUT2D eigenvalue weighted by atomic mass is 9.84. The summed E-state index contributed by atoms with van der Waals surface area (Å²) in [6, 6.07) is 16.1. The maximum Gasteiger partial charge on any atom is 0.246 e. The molecular formula is C25H26N2O2. The molecule has 1 saturated carbocycles. The number of amides is 1. The van der Waals surface area contributed by atoms with E-state index in [1.807, 2.05) is 58.1 Å². The largest absolute Gasteiger partial charge is 0.337 e. The molecule has 3 aromatic rings. The molecule has 0 radical (unpaired) electrons. The van der Waals surface area contributed by atoms with Crippen LogP contribution >= 0.6 is 0 Å². The van der Waals surface area contributed by atoms with Gasteiger partial charge in [-0.25, -0.2) is 0 Å². The molecule has 1 aromatic heterocycles. The van der Waals surface area contributed by atoms with E-state index in [0.29, 0.717) is 0 Å². The SMILES string of the molecule is O=C(c1cn(CC(=O)N2CCc3ccccc32)c2ccccc12)C1CCCCC1. The number of benzene rings is 2. The predicted octanol–water partition coefficient (Wildman–Crippen LogP) is 4.99. The van der Waals surface area contributed by atoms with Crippen molar-refractivity contribution >= 4 is 28.3 Å². The second-order valence-electron chi connectivity index (χ2n) is 8.31. The lowest BCUT2D eigenvalue weighted by molar-refractivity contribution is -0.119. The van der Waals surface area contributed by atoms with Crippen molar-refractivity contribution in [3.05, 3.63) is 65.9 Å². The molecule has 2 aromatic carbocycles. The molecular weight excluding hydrogens is 360 g/mol. The van der Waals surface area contributed by atoms with Gasteiger partial charge in [0.1, 0.15) is 6.54 Å². The second kappa shape index (κ2) is 7.51. The first-order valence-electron chi connectivity index (χ1n) is 10.7. The first-order chi connectivity index (χ1) is 14.2. The number of nitrogens with zero attached hydrogens (tertiary/aromatic N) is 2. The molecule has 2 heterocycles. The van der Waals surface area contributed by atoms with Gasteiger partial charge in [0, 0.05) is 40.8 Å². The highest BCUT2D eigenvalue weighted by atomic mass is 16.2. The minimum atomic E-state index is 0.0763. The Balaban J connectivity index is 1.45. The van der Waals surface area contributed by atoms with Gasteiger partial charge in [-0.05, 0) is 37.0 Å². The number of aromatic nitrogens is 1. The molecule has 0 atom stereocenters. The summed E-state index contributed by atoms with van der Waals surface area (Å²) in [6.45, 7) is 0.984. The van der Waals surface area contributed by atoms with Gasteiger partial charge in [0.25, 0.3) is 0 Å². The van der Waals surface area contributed by atoms with E-state index in [2.05, 4.69) is 6.07 Å². The molecule has 1 aliphatic heterocycles. The first kappa shape index (κ1) is 18.2. The molecule has 0 saturated heterocycles. The van der Waals surface area contributed by atoms with Gasteiger partial charge in [-0.15, -0.1) is 0 Å². The lowest BCUT2D eigenvalue weighted by Gasteiger charge is -2.20. The van der Waals surface area contributed by atoms with Crippen LogP contribution in [0.3, 0.4) is 0 Å². The summed E-state index contributed by atoms with van der Waals surface area (Å²) in [5.41, 5.74) is 3.99. The molecule has 1 amide bonds. The van der Waals surface area contributed by atoms with E-state index in [1.165, 1.54) is 12.0 Å². The maximum absolute atomic E-state index is 13.2. The third-order valence-corrected chi connectivity index (χ3v) is 6.52. The van der Waals surface area contributed by atoms with E-state index in [0.717, 1.165) is 60.8 Å². The second-order valence-corrected chi connectivity index (χ2v) is 8.31. The maximum atomic E-state index is 13.2. The van der Waals surface area contributed by atoms with E-state index >= 15 is 0 Å². The summed E-state index contributed by atoms with van der Waals surface area (Å²) < 4.78 is 1.97. The van der Waals surface area contributed by atoms with Crippen molar-refractivity contribution in [3.8, 4) is 0 Å². The van der Waals surface area contributed by atoms with E-state index in [1.54, 1.807) is 0 Å². The molecule has 4 nitrogen and oxygen atoms in total. The molecule has 0 N–H and O–H groups in total. The van der Waals surface area contributed by atoms with Crippen molar-refractivity contribution in [2.75, 3.05) is 11.4 Å². The van der Waals surface area contributed by atoms with Gasteiger partial charge < -0.3 is 9.47 Å². The number of para-hydroxylation sites is 2. The summed E-state index contributed by atoms with van der Waals surface area (Å²) >= 11 is 0. The van der Waals surface area contributed by atoms with Gasteiger partial charge in [0.05, 0.1) is 0 Å². The monoisotopic (exact) mass is 386 g/mol. The average Bonchev–Trinajstić information content (AvgIpc) is 3.36. The van der Waals surface area contributed by atoms with Crippen LogP contribution < -0.4 is 4.90 Å². The third-order valence-electron chi connectivity index (χ3n) is 6.52. The summed E-state index contributed by atoms with van der Waals surface area (Å²) in [4.78, 5) is 28.2. The van der Waals surface area contributed by atoms with Crippen LogP contribution in [0.2, 0.25) is 0 Å². The van der Waals surface area contributed by atoms with Crippen molar-refractivity contribution < 1.29 is 9.59 Å². The molecule has 2 aliphatic rings.